The zero-order chi connectivity index (χ0) is 29.7. The lowest BCUT2D eigenvalue weighted by Crippen LogP contribution is -2.45. The highest BCUT2D eigenvalue weighted by Crippen LogP contribution is 2.42. The number of nitrogens with one attached hydrogen (secondary N) is 1. The number of fused-ring (bicyclic) bond motifs is 2. The number of piperidine rings is 1. The number of rotatable bonds is 18. The number of amides is 1. The summed E-state index contributed by atoms with van der Waals surface area (Å²) in [7, 11) is 0. The molecule has 9 nitrogen and oxygen atoms in total. The van der Waals surface area contributed by atoms with Gasteiger partial charge in [0.25, 0.3) is 0 Å². The average molecular weight is 577 g/mol. The van der Waals surface area contributed by atoms with Gasteiger partial charge in [-0.15, -0.1) is 10.2 Å². The van der Waals surface area contributed by atoms with Crippen molar-refractivity contribution in [1.29, 1.82) is 0 Å². The van der Waals surface area contributed by atoms with Crippen LogP contribution in [-0.4, -0.2) is 50.7 Å². The monoisotopic (exact) mass is 576 g/mol. The Bertz CT molecular complexity index is 1130. The van der Waals surface area contributed by atoms with Crippen molar-refractivity contribution in [3.8, 4) is 0 Å². The van der Waals surface area contributed by atoms with E-state index in [0.29, 0.717) is 37.0 Å². The molecule has 0 aliphatic carbocycles. The summed E-state index contributed by atoms with van der Waals surface area (Å²) in [4.78, 5) is 18.5. The third kappa shape index (κ3) is 9.05. The number of nitrogens with zero attached hydrogens (tertiary/aromatic N) is 7. The number of azide groups is 1. The van der Waals surface area contributed by atoms with Gasteiger partial charge in [-0.2, -0.15) is 0 Å². The van der Waals surface area contributed by atoms with Gasteiger partial charge in [-0.3, -0.25) is 9.69 Å². The van der Waals surface area contributed by atoms with Crippen LogP contribution < -0.4 is 5.32 Å². The summed E-state index contributed by atoms with van der Waals surface area (Å²) in [5.74, 6) is 2.72. The topological polar surface area (TPSA) is 112 Å². The molecular weight excluding hydrogens is 524 g/mol. The first-order chi connectivity index (χ1) is 20.5. The van der Waals surface area contributed by atoms with E-state index < -0.39 is 0 Å². The molecule has 2 fully saturated rings. The van der Waals surface area contributed by atoms with Crippen molar-refractivity contribution in [2.45, 2.75) is 141 Å². The third-order valence-corrected chi connectivity index (χ3v) is 9.32. The van der Waals surface area contributed by atoms with Gasteiger partial charge in [-0.05, 0) is 63.0 Å². The fourth-order valence-corrected chi connectivity index (χ4v) is 7.18. The predicted octanol–water partition coefficient (Wildman–Crippen LogP) is 7.95. The van der Waals surface area contributed by atoms with E-state index in [1.54, 1.807) is 0 Å². The number of carbonyl (C=O) groups is 1. The lowest BCUT2D eigenvalue weighted by molar-refractivity contribution is -0.122. The van der Waals surface area contributed by atoms with E-state index in [-0.39, 0.29) is 11.9 Å². The number of carbonyl (C=O) groups excluding carboxylic acids is 1. The molecule has 2 saturated heterocycles. The van der Waals surface area contributed by atoms with E-state index in [1.165, 1.54) is 44.1 Å². The molecule has 9 heteroatoms. The van der Waals surface area contributed by atoms with Gasteiger partial charge in [-0.1, -0.05) is 87.8 Å². The molecule has 3 atom stereocenters. The largest absolute Gasteiger partial charge is 0.349 e. The molecule has 1 N–H and O–H groups in total. The summed E-state index contributed by atoms with van der Waals surface area (Å²) < 4.78 is 2.43. The number of benzene rings is 1. The van der Waals surface area contributed by atoms with E-state index in [4.69, 9.17) is 5.53 Å². The Hall–Kier alpha value is -2.90. The standard InChI is InChI=1S/C33H52N8O/c1-25(2)33-38-37-26(3)41(33)30-23-28-18-19-29(24-30)40(28)22-20-31(27-15-11-10-12-16-27)36-32(42)17-13-8-6-4-5-7-9-14-21-35-39-34/h10-12,15-16,25,28-31H,4-9,13-14,17-24H2,1-3H3,(H,36,42)/t28?,29?,30?,31-/m0/s1. The zero-order valence-electron chi connectivity index (χ0n) is 26.1. The SMILES string of the molecule is Cc1nnc(C(C)C)n1C1CC2CCC(C1)N2CC[C@H](NC(=O)CCCCCCCCCCN=[N+]=[N-])c1ccccc1. The molecule has 1 aromatic heterocycles. The molecule has 4 rings (SSSR count). The van der Waals surface area contributed by atoms with Crippen LogP contribution in [0.15, 0.2) is 35.4 Å². The van der Waals surface area contributed by atoms with Gasteiger partial charge in [0.1, 0.15) is 11.6 Å². The molecule has 2 unspecified atom stereocenters. The first-order valence-electron chi connectivity index (χ1n) is 16.5. The van der Waals surface area contributed by atoms with Gasteiger partial charge in [0.2, 0.25) is 5.91 Å². The minimum absolute atomic E-state index is 0.0498. The summed E-state index contributed by atoms with van der Waals surface area (Å²) in [6.45, 7) is 8.14. The minimum Gasteiger partial charge on any atom is -0.349 e. The quantitative estimate of drug-likeness (QED) is 0.0840. The van der Waals surface area contributed by atoms with Crippen LogP contribution in [0.5, 0.6) is 0 Å². The highest BCUT2D eigenvalue weighted by Gasteiger charge is 2.42. The Labute approximate surface area is 252 Å². The van der Waals surface area contributed by atoms with E-state index in [2.05, 4.69) is 80.0 Å². The summed E-state index contributed by atoms with van der Waals surface area (Å²) in [6, 6.07) is 12.2. The number of hydrogen-bond donors (Lipinski definition) is 1. The number of aryl methyl sites for hydroxylation is 1. The summed E-state index contributed by atoms with van der Waals surface area (Å²) in [6.07, 6.45) is 15.3. The molecule has 2 aliphatic heterocycles. The molecule has 0 saturated carbocycles. The van der Waals surface area contributed by atoms with E-state index >= 15 is 0 Å². The highest BCUT2D eigenvalue weighted by molar-refractivity contribution is 5.76. The van der Waals surface area contributed by atoms with Crippen LogP contribution in [0.4, 0.5) is 0 Å². The molecule has 3 heterocycles. The van der Waals surface area contributed by atoms with Crippen molar-refractivity contribution in [2.75, 3.05) is 13.1 Å². The lowest BCUT2D eigenvalue weighted by Gasteiger charge is -2.40. The second kappa shape index (κ2) is 16.7. The molecule has 42 heavy (non-hydrogen) atoms. The summed E-state index contributed by atoms with van der Waals surface area (Å²) in [5.41, 5.74) is 9.53. The fraction of sp³-hybridized carbons (Fsp3) is 0.727. The Morgan fingerprint density at radius 1 is 0.976 bits per heavy atom. The van der Waals surface area contributed by atoms with Crippen molar-refractivity contribution in [1.82, 2.24) is 25.0 Å². The molecule has 230 valence electrons. The third-order valence-electron chi connectivity index (χ3n) is 9.32. The van der Waals surface area contributed by atoms with Crippen LogP contribution >= 0.6 is 0 Å². The summed E-state index contributed by atoms with van der Waals surface area (Å²) in [5, 5.41) is 15.9. The van der Waals surface area contributed by atoms with Crippen LogP contribution in [0.2, 0.25) is 0 Å². The van der Waals surface area contributed by atoms with Crippen molar-refractivity contribution in [3.63, 3.8) is 0 Å². The van der Waals surface area contributed by atoms with Crippen molar-refractivity contribution >= 4 is 5.91 Å². The molecule has 1 aromatic carbocycles. The molecule has 0 radical (unpaired) electrons. The van der Waals surface area contributed by atoms with E-state index in [0.717, 1.165) is 63.1 Å². The molecular formula is C33H52N8O. The second-order valence-corrected chi connectivity index (χ2v) is 12.7. The van der Waals surface area contributed by atoms with Crippen LogP contribution in [-0.2, 0) is 4.79 Å². The molecule has 1 amide bonds. The van der Waals surface area contributed by atoms with Crippen molar-refractivity contribution in [2.24, 2.45) is 5.11 Å². The average Bonchev–Trinajstić information content (AvgIpc) is 3.49. The maximum absolute atomic E-state index is 13.0. The maximum Gasteiger partial charge on any atom is 0.220 e. The second-order valence-electron chi connectivity index (χ2n) is 12.7. The van der Waals surface area contributed by atoms with E-state index in [1.807, 2.05) is 6.07 Å². The van der Waals surface area contributed by atoms with Gasteiger partial charge in [0.15, 0.2) is 0 Å². The predicted molar refractivity (Wildman–Crippen MR) is 168 cm³/mol. The van der Waals surface area contributed by atoms with Crippen LogP contribution in [0.25, 0.3) is 10.4 Å². The van der Waals surface area contributed by atoms with Gasteiger partial charge in [-0.25, -0.2) is 0 Å². The lowest BCUT2D eigenvalue weighted by atomic mass is 9.95. The highest BCUT2D eigenvalue weighted by atomic mass is 16.1. The number of unbranched alkanes of at least 4 members (excludes halogenated alkanes) is 7. The fourth-order valence-electron chi connectivity index (χ4n) is 7.18. The Kier molecular flexibility index (Phi) is 12.7. The van der Waals surface area contributed by atoms with Crippen LogP contribution in [0.3, 0.4) is 0 Å². The van der Waals surface area contributed by atoms with Gasteiger partial charge < -0.3 is 9.88 Å². The van der Waals surface area contributed by atoms with Crippen LogP contribution in [0, 0.1) is 6.92 Å². The van der Waals surface area contributed by atoms with Crippen molar-refractivity contribution < 1.29 is 4.79 Å². The van der Waals surface area contributed by atoms with Crippen LogP contribution in [0.1, 0.15) is 139 Å². The normalized spacial score (nSPS) is 20.9. The Balaban J connectivity index is 1.22. The molecule has 2 aromatic rings. The number of hydrogen-bond acceptors (Lipinski definition) is 5. The molecule has 2 aliphatic rings. The molecule has 0 spiro atoms. The smallest absolute Gasteiger partial charge is 0.220 e. The Morgan fingerprint density at radius 2 is 1.62 bits per heavy atom. The van der Waals surface area contributed by atoms with Gasteiger partial charge >= 0.3 is 0 Å². The molecule has 2 bridgehead atoms. The minimum atomic E-state index is 0.0498. The van der Waals surface area contributed by atoms with Gasteiger partial charge in [0, 0.05) is 48.5 Å². The Morgan fingerprint density at radius 3 is 2.26 bits per heavy atom. The van der Waals surface area contributed by atoms with Gasteiger partial charge in [0.05, 0.1) is 6.04 Å². The maximum atomic E-state index is 13.0. The first-order valence-corrected chi connectivity index (χ1v) is 16.5. The van der Waals surface area contributed by atoms with Crippen molar-refractivity contribution in [3.05, 3.63) is 58.0 Å². The first kappa shape index (κ1) is 32.0. The number of aromatic nitrogens is 3. The van der Waals surface area contributed by atoms with E-state index in [9.17, 15) is 4.79 Å². The summed E-state index contributed by atoms with van der Waals surface area (Å²) >= 11 is 0. The zero-order valence-corrected chi connectivity index (χ0v) is 26.1.